The molecule has 0 aliphatic carbocycles. The number of benzene rings is 1. The zero-order valence-corrected chi connectivity index (χ0v) is 18.9. The van der Waals surface area contributed by atoms with E-state index in [1.54, 1.807) is 10.7 Å². The molecule has 2 aromatic heterocycles. The maximum absolute atomic E-state index is 13.0. The van der Waals surface area contributed by atoms with E-state index >= 15 is 0 Å². The van der Waals surface area contributed by atoms with Gasteiger partial charge >= 0.3 is 0 Å². The van der Waals surface area contributed by atoms with Crippen LogP contribution in [0.3, 0.4) is 0 Å². The molecular weight excluding hydrogens is 420 g/mol. The molecule has 3 N–H and O–H groups in total. The molecule has 2 fully saturated rings. The molecule has 33 heavy (non-hydrogen) atoms. The van der Waals surface area contributed by atoms with Crippen LogP contribution < -0.4 is 11.1 Å². The zero-order chi connectivity index (χ0) is 22.8. The molecule has 9 heteroatoms. The van der Waals surface area contributed by atoms with E-state index in [0.29, 0.717) is 24.8 Å². The standard InChI is InChI=1S/C24H30N6O3/c1-16-8-10-17(11-9-16)19-15-21(28-29(19)22-6-2-4-12-32-22)26-24(31)18-14-20(25)30(27-18)23-7-3-5-13-33-23/h8-11,14-15,22-23H,2-7,12-13,25H2,1H3,(H,26,28,31). The molecule has 1 aromatic carbocycles. The van der Waals surface area contributed by atoms with Gasteiger partial charge in [-0.05, 0) is 45.4 Å². The Balaban J connectivity index is 1.40. The van der Waals surface area contributed by atoms with Gasteiger partial charge < -0.3 is 20.5 Å². The fourth-order valence-corrected chi connectivity index (χ4v) is 4.38. The Hall–Kier alpha value is -3.17. The predicted molar refractivity (Wildman–Crippen MR) is 125 cm³/mol. The van der Waals surface area contributed by atoms with Crippen molar-refractivity contribution in [2.24, 2.45) is 0 Å². The SMILES string of the molecule is Cc1ccc(-c2cc(NC(=O)c3cc(N)n(C4CCCCO4)n3)nn2C2CCCCO2)cc1. The van der Waals surface area contributed by atoms with E-state index in [4.69, 9.17) is 15.2 Å². The van der Waals surface area contributed by atoms with Crippen molar-refractivity contribution >= 4 is 17.5 Å². The van der Waals surface area contributed by atoms with Gasteiger partial charge in [-0.15, -0.1) is 0 Å². The third-order valence-corrected chi connectivity index (χ3v) is 6.18. The van der Waals surface area contributed by atoms with Gasteiger partial charge in [0, 0.05) is 30.9 Å². The second kappa shape index (κ2) is 9.36. The van der Waals surface area contributed by atoms with Crippen molar-refractivity contribution < 1.29 is 14.3 Å². The number of carbonyl (C=O) groups is 1. The highest BCUT2D eigenvalue weighted by Gasteiger charge is 2.24. The molecule has 2 aliphatic rings. The van der Waals surface area contributed by atoms with Gasteiger partial charge in [0.05, 0.1) is 5.69 Å². The van der Waals surface area contributed by atoms with Crippen LogP contribution >= 0.6 is 0 Å². The second-order valence-electron chi connectivity index (χ2n) is 8.72. The van der Waals surface area contributed by atoms with Gasteiger partial charge in [0.2, 0.25) is 0 Å². The summed E-state index contributed by atoms with van der Waals surface area (Å²) in [7, 11) is 0. The first-order valence-electron chi connectivity index (χ1n) is 11.6. The molecule has 0 radical (unpaired) electrons. The summed E-state index contributed by atoms with van der Waals surface area (Å²) in [4.78, 5) is 13.0. The summed E-state index contributed by atoms with van der Waals surface area (Å²) in [6.45, 7) is 3.44. The lowest BCUT2D eigenvalue weighted by molar-refractivity contribution is -0.0383. The fourth-order valence-electron chi connectivity index (χ4n) is 4.38. The molecule has 9 nitrogen and oxygen atoms in total. The lowest BCUT2D eigenvalue weighted by atomic mass is 10.1. The number of aromatic nitrogens is 4. The van der Waals surface area contributed by atoms with Crippen LogP contribution in [0.4, 0.5) is 11.6 Å². The summed E-state index contributed by atoms with van der Waals surface area (Å²) < 4.78 is 15.2. The maximum atomic E-state index is 13.0. The Morgan fingerprint density at radius 3 is 2.27 bits per heavy atom. The number of aryl methyl sites for hydroxylation is 1. The van der Waals surface area contributed by atoms with E-state index in [2.05, 4.69) is 46.7 Å². The highest BCUT2D eigenvalue weighted by molar-refractivity contribution is 6.03. The minimum absolute atomic E-state index is 0.154. The maximum Gasteiger partial charge on any atom is 0.277 e. The molecule has 0 saturated carbocycles. The van der Waals surface area contributed by atoms with Gasteiger partial charge in [-0.2, -0.15) is 10.2 Å². The van der Waals surface area contributed by atoms with Gasteiger partial charge in [-0.25, -0.2) is 9.36 Å². The monoisotopic (exact) mass is 450 g/mol. The third kappa shape index (κ3) is 4.65. The molecule has 2 atom stereocenters. The summed E-state index contributed by atoms with van der Waals surface area (Å²) in [5.41, 5.74) is 9.46. The van der Waals surface area contributed by atoms with E-state index in [9.17, 15) is 4.79 Å². The fraction of sp³-hybridized carbons (Fsp3) is 0.458. The first-order valence-corrected chi connectivity index (χ1v) is 11.6. The largest absolute Gasteiger partial charge is 0.384 e. The zero-order valence-electron chi connectivity index (χ0n) is 18.9. The number of nitrogen functional groups attached to an aromatic ring is 1. The van der Waals surface area contributed by atoms with E-state index in [1.807, 2.05) is 10.7 Å². The molecule has 5 rings (SSSR count). The summed E-state index contributed by atoms with van der Waals surface area (Å²) in [5.74, 6) is 0.501. The number of nitrogens with two attached hydrogens (primary N) is 1. The van der Waals surface area contributed by atoms with Gasteiger partial charge in [0.1, 0.15) is 5.82 Å². The molecular formula is C24H30N6O3. The Bertz CT molecular complexity index is 1110. The molecule has 3 aromatic rings. The topological polar surface area (TPSA) is 109 Å². The first-order chi connectivity index (χ1) is 16.1. The van der Waals surface area contributed by atoms with E-state index in [1.165, 1.54) is 5.56 Å². The molecule has 1 amide bonds. The second-order valence-corrected chi connectivity index (χ2v) is 8.72. The lowest BCUT2D eigenvalue weighted by Crippen LogP contribution is -2.22. The molecule has 0 spiro atoms. The number of amides is 1. The van der Waals surface area contributed by atoms with E-state index in [0.717, 1.165) is 49.8 Å². The predicted octanol–water partition coefficient (Wildman–Crippen LogP) is 4.29. The quantitative estimate of drug-likeness (QED) is 0.600. The Labute approximate surface area is 192 Å². The Morgan fingerprint density at radius 1 is 0.970 bits per heavy atom. The Kier molecular flexibility index (Phi) is 6.15. The average Bonchev–Trinajstić information content (AvgIpc) is 3.44. The number of anilines is 2. The van der Waals surface area contributed by atoms with Crippen molar-refractivity contribution in [3.05, 3.63) is 47.7 Å². The Morgan fingerprint density at radius 2 is 1.64 bits per heavy atom. The number of hydrogen-bond donors (Lipinski definition) is 2. The van der Waals surface area contributed by atoms with Crippen molar-refractivity contribution in [2.75, 3.05) is 24.3 Å². The lowest BCUT2D eigenvalue weighted by Gasteiger charge is -2.24. The van der Waals surface area contributed by atoms with Crippen LogP contribution in [0.2, 0.25) is 0 Å². The molecule has 0 bridgehead atoms. The van der Waals surface area contributed by atoms with Crippen molar-refractivity contribution in [1.82, 2.24) is 19.6 Å². The number of carbonyl (C=O) groups excluding carboxylic acids is 1. The molecule has 174 valence electrons. The third-order valence-electron chi connectivity index (χ3n) is 6.18. The minimum Gasteiger partial charge on any atom is -0.384 e. The number of rotatable bonds is 5. The van der Waals surface area contributed by atoms with Crippen LogP contribution in [-0.2, 0) is 9.47 Å². The van der Waals surface area contributed by atoms with Gasteiger partial charge in [0.25, 0.3) is 5.91 Å². The number of nitrogens with zero attached hydrogens (tertiary/aromatic N) is 4. The summed E-state index contributed by atoms with van der Waals surface area (Å²) in [6, 6.07) is 11.7. The minimum atomic E-state index is -0.360. The normalized spacial score (nSPS) is 21.1. The van der Waals surface area contributed by atoms with Crippen LogP contribution in [0.25, 0.3) is 11.3 Å². The van der Waals surface area contributed by atoms with Crippen LogP contribution in [0.15, 0.2) is 36.4 Å². The summed E-state index contributed by atoms with van der Waals surface area (Å²) >= 11 is 0. The van der Waals surface area contributed by atoms with Crippen molar-refractivity contribution in [3.8, 4) is 11.3 Å². The number of nitrogens with one attached hydrogen (secondary N) is 1. The molecule has 4 heterocycles. The van der Waals surface area contributed by atoms with Gasteiger partial charge in [-0.3, -0.25) is 4.79 Å². The van der Waals surface area contributed by atoms with E-state index < -0.39 is 0 Å². The highest BCUT2D eigenvalue weighted by Crippen LogP contribution is 2.31. The average molecular weight is 451 g/mol. The van der Waals surface area contributed by atoms with Crippen LogP contribution in [0.5, 0.6) is 0 Å². The summed E-state index contributed by atoms with van der Waals surface area (Å²) in [5, 5.41) is 12.0. The van der Waals surface area contributed by atoms with Gasteiger partial charge in [-0.1, -0.05) is 29.8 Å². The number of ether oxygens (including phenoxy) is 2. The number of hydrogen-bond acceptors (Lipinski definition) is 6. The van der Waals surface area contributed by atoms with Crippen LogP contribution in [0, 0.1) is 6.92 Å². The highest BCUT2D eigenvalue weighted by atomic mass is 16.5. The van der Waals surface area contributed by atoms with Crippen molar-refractivity contribution in [1.29, 1.82) is 0 Å². The van der Waals surface area contributed by atoms with Crippen LogP contribution in [-0.4, -0.2) is 38.7 Å². The van der Waals surface area contributed by atoms with E-state index in [-0.39, 0.29) is 24.1 Å². The smallest absolute Gasteiger partial charge is 0.277 e. The van der Waals surface area contributed by atoms with Crippen LogP contribution in [0.1, 0.15) is 67.0 Å². The molecule has 2 aliphatic heterocycles. The van der Waals surface area contributed by atoms with Gasteiger partial charge in [0.15, 0.2) is 24.0 Å². The summed E-state index contributed by atoms with van der Waals surface area (Å²) in [6.07, 6.45) is 5.55. The molecule has 2 unspecified atom stereocenters. The van der Waals surface area contributed by atoms with Crippen molar-refractivity contribution in [3.63, 3.8) is 0 Å². The van der Waals surface area contributed by atoms with Crippen molar-refractivity contribution in [2.45, 2.75) is 57.9 Å². The first kappa shape index (κ1) is 21.7. The molecule has 2 saturated heterocycles.